The van der Waals surface area contributed by atoms with Crippen LogP contribution in [-0.4, -0.2) is 33.3 Å². The van der Waals surface area contributed by atoms with Crippen LogP contribution in [0.1, 0.15) is 81.2 Å². The highest BCUT2D eigenvalue weighted by Crippen LogP contribution is 2.41. The van der Waals surface area contributed by atoms with Gasteiger partial charge < -0.3 is 10.4 Å². The predicted octanol–water partition coefficient (Wildman–Crippen LogP) is 3.15. The average molecular weight is 357 g/mol. The first-order chi connectivity index (χ1) is 11.9. The van der Waals surface area contributed by atoms with Crippen molar-refractivity contribution in [1.29, 1.82) is 0 Å². The minimum Gasteiger partial charge on any atom is -0.478 e. The van der Waals surface area contributed by atoms with Gasteiger partial charge in [0.15, 0.2) is 5.84 Å². The molecule has 1 aromatic heterocycles. The molecular formula is C20H27N3O3. The van der Waals surface area contributed by atoms with Gasteiger partial charge in [0.1, 0.15) is 11.2 Å². The molecule has 2 aliphatic rings. The van der Waals surface area contributed by atoms with Crippen LogP contribution in [-0.2, 0) is 11.2 Å². The minimum absolute atomic E-state index is 0.00939. The van der Waals surface area contributed by atoms with E-state index in [0.717, 1.165) is 24.1 Å². The normalized spacial score (nSPS) is 27.1. The van der Waals surface area contributed by atoms with Gasteiger partial charge in [-0.3, -0.25) is 4.79 Å². The monoisotopic (exact) mass is 357 g/mol. The van der Waals surface area contributed by atoms with Gasteiger partial charge in [-0.1, -0.05) is 34.6 Å². The summed E-state index contributed by atoms with van der Waals surface area (Å²) in [6.07, 6.45) is 1.77. The van der Waals surface area contributed by atoms with Crippen LogP contribution in [0.2, 0.25) is 0 Å². The number of amides is 1. The molecule has 2 atom stereocenters. The van der Waals surface area contributed by atoms with Crippen LogP contribution >= 0.6 is 0 Å². The Morgan fingerprint density at radius 1 is 1.35 bits per heavy atom. The van der Waals surface area contributed by atoms with Crippen molar-refractivity contribution in [3.05, 3.63) is 28.6 Å². The number of aromatic nitrogens is 1. The average Bonchev–Trinajstić information content (AvgIpc) is 2.81. The van der Waals surface area contributed by atoms with Crippen LogP contribution in [0.4, 0.5) is 0 Å². The maximum Gasteiger partial charge on any atom is 0.338 e. The number of carbonyl (C=O) groups excluding carboxylic acids is 1. The maximum atomic E-state index is 12.4. The van der Waals surface area contributed by atoms with Gasteiger partial charge in [0.2, 0.25) is 0 Å². The third-order valence-corrected chi connectivity index (χ3v) is 5.79. The zero-order chi connectivity index (χ0) is 19.4. The van der Waals surface area contributed by atoms with Crippen LogP contribution in [0.15, 0.2) is 11.1 Å². The fourth-order valence-electron chi connectivity index (χ4n) is 3.99. The first-order valence-electron chi connectivity index (χ1n) is 9.13. The fourth-order valence-corrected chi connectivity index (χ4v) is 3.99. The smallest absolute Gasteiger partial charge is 0.338 e. The third kappa shape index (κ3) is 2.91. The minimum atomic E-state index is -1.05. The number of pyridine rings is 1. The lowest BCUT2D eigenvalue weighted by Crippen LogP contribution is -2.41. The van der Waals surface area contributed by atoms with Crippen molar-refractivity contribution in [1.82, 2.24) is 10.3 Å². The summed E-state index contributed by atoms with van der Waals surface area (Å²) in [5, 5.41) is 12.5. The SMILES string of the molecule is CC1CC(C)(C)Cc2nc(C3=NC(C)(C(C)C)C(=O)N3)c(C(=O)O)cc21. The number of carbonyl (C=O) groups is 2. The first kappa shape index (κ1) is 18.5. The lowest BCUT2D eigenvalue weighted by Gasteiger charge is -2.35. The number of fused-ring (bicyclic) bond motifs is 1. The number of hydrogen-bond acceptors (Lipinski definition) is 4. The molecule has 2 heterocycles. The molecule has 1 aliphatic heterocycles. The van der Waals surface area contributed by atoms with Crippen LogP contribution in [0.25, 0.3) is 0 Å². The van der Waals surface area contributed by atoms with Crippen molar-refractivity contribution in [2.75, 3.05) is 0 Å². The van der Waals surface area contributed by atoms with Crippen LogP contribution in [0.5, 0.6) is 0 Å². The van der Waals surface area contributed by atoms with Crippen molar-refractivity contribution in [2.45, 2.75) is 65.8 Å². The van der Waals surface area contributed by atoms with Gasteiger partial charge in [-0.15, -0.1) is 0 Å². The van der Waals surface area contributed by atoms with Gasteiger partial charge in [0, 0.05) is 5.69 Å². The summed E-state index contributed by atoms with van der Waals surface area (Å²) in [5.41, 5.74) is 1.45. The van der Waals surface area contributed by atoms with E-state index in [1.165, 1.54) is 0 Å². The van der Waals surface area contributed by atoms with Crippen molar-refractivity contribution >= 4 is 17.7 Å². The largest absolute Gasteiger partial charge is 0.478 e. The van der Waals surface area contributed by atoms with Crippen molar-refractivity contribution in [3.63, 3.8) is 0 Å². The molecule has 1 aliphatic carbocycles. The van der Waals surface area contributed by atoms with E-state index in [9.17, 15) is 14.7 Å². The van der Waals surface area contributed by atoms with Crippen LogP contribution in [0, 0.1) is 11.3 Å². The van der Waals surface area contributed by atoms with Crippen molar-refractivity contribution < 1.29 is 14.7 Å². The van der Waals surface area contributed by atoms with E-state index in [1.807, 2.05) is 13.8 Å². The second-order valence-corrected chi connectivity index (χ2v) is 8.89. The number of amidine groups is 1. The highest BCUT2D eigenvalue weighted by Gasteiger charge is 2.43. The Labute approximate surface area is 154 Å². The molecular weight excluding hydrogens is 330 g/mol. The molecule has 2 N–H and O–H groups in total. The number of aliphatic imine (C=N–C) groups is 1. The molecule has 6 nitrogen and oxygen atoms in total. The molecule has 6 heteroatoms. The fraction of sp³-hybridized carbons (Fsp3) is 0.600. The third-order valence-electron chi connectivity index (χ3n) is 5.79. The summed E-state index contributed by atoms with van der Waals surface area (Å²) in [6, 6.07) is 1.72. The lowest BCUT2D eigenvalue weighted by molar-refractivity contribution is -0.124. The summed E-state index contributed by atoms with van der Waals surface area (Å²) in [4.78, 5) is 33.6. The van der Waals surface area contributed by atoms with Gasteiger partial charge >= 0.3 is 5.97 Å². The Balaban J connectivity index is 2.17. The summed E-state index contributed by atoms with van der Waals surface area (Å²) < 4.78 is 0. The molecule has 0 bridgehead atoms. The molecule has 26 heavy (non-hydrogen) atoms. The number of rotatable bonds is 3. The Bertz CT molecular complexity index is 826. The van der Waals surface area contributed by atoms with E-state index in [-0.39, 0.29) is 40.3 Å². The van der Waals surface area contributed by atoms with E-state index in [0.29, 0.717) is 0 Å². The second-order valence-electron chi connectivity index (χ2n) is 8.89. The molecule has 2 unspecified atom stereocenters. The zero-order valence-electron chi connectivity index (χ0n) is 16.3. The van der Waals surface area contributed by atoms with E-state index >= 15 is 0 Å². The lowest BCUT2D eigenvalue weighted by atomic mass is 9.71. The van der Waals surface area contributed by atoms with Gasteiger partial charge in [-0.05, 0) is 48.6 Å². The highest BCUT2D eigenvalue weighted by atomic mass is 16.4. The summed E-state index contributed by atoms with van der Waals surface area (Å²) in [7, 11) is 0. The topological polar surface area (TPSA) is 91.7 Å². The maximum absolute atomic E-state index is 12.4. The molecule has 0 saturated carbocycles. The molecule has 0 saturated heterocycles. The molecule has 1 aromatic rings. The van der Waals surface area contributed by atoms with Crippen molar-refractivity contribution in [2.24, 2.45) is 16.3 Å². The van der Waals surface area contributed by atoms with Crippen molar-refractivity contribution in [3.8, 4) is 0 Å². The van der Waals surface area contributed by atoms with E-state index < -0.39 is 11.5 Å². The van der Waals surface area contributed by atoms with E-state index in [2.05, 4.69) is 31.1 Å². The quantitative estimate of drug-likeness (QED) is 0.869. The van der Waals surface area contributed by atoms with Gasteiger partial charge in [0.25, 0.3) is 5.91 Å². The number of aromatic carboxylic acids is 1. The number of nitrogens with one attached hydrogen (secondary N) is 1. The molecule has 0 radical (unpaired) electrons. The molecule has 140 valence electrons. The zero-order valence-corrected chi connectivity index (χ0v) is 16.3. The Morgan fingerprint density at radius 3 is 2.54 bits per heavy atom. The summed E-state index contributed by atoms with van der Waals surface area (Å²) >= 11 is 0. The summed E-state index contributed by atoms with van der Waals surface area (Å²) in [5.74, 6) is -0.767. The van der Waals surface area contributed by atoms with Crippen LogP contribution < -0.4 is 5.32 Å². The van der Waals surface area contributed by atoms with Gasteiger partial charge in [-0.25, -0.2) is 14.8 Å². The Kier molecular flexibility index (Phi) is 4.20. The molecule has 0 aromatic carbocycles. The molecule has 3 rings (SSSR count). The first-order valence-corrected chi connectivity index (χ1v) is 9.13. The molecule has 0 fully saturated rings. The Hall–Kier alpha value is -2.24. The van der Waals surface area contributed by atoms with Crippen LogP contribution in [0.3, 0.4) is 0 Å². The van der Waals surface area contributed by atoms with E-state index in [4.69, 9.17) is 4.98 Å². The summed E-state index contributed by atoms with van der Waals surface area (Å²) in [6.45, 7) is 12.1. The highest BCUT2D eigenvalue weighted by molar-refractivity contribution is 6.17. The second kappa shape index (κ2) is 5.89. The number of nitrogens with zero attached hydrogens (tertiary/aromatic N) is 2. The molecule has 0 spiro atoms. The number of carboxylic acids is 1. The number of hydrogen-bond donors (Lipinski definition) is 2. The predicted molar refractivity (Wildman–Crippen MR) is 99.6 cm³/mol. The van der Waals surface area contributed by atoms with Gasteiger partial charge in [-0.2, -0.15) is 0 Å². The van der Waals surface area contributed by atoms with Gasteiger partial charge in [0.05, 0.1) is 5.56 Å². The standard InChI is InChI=1S/C20H27N3O3/c1-10(2)20(6)18(26)22-16(23-20)15-13(17(24)25)7-12-11(3)8-19(4,5)9-14(12)21-15/h7,10-11H,8-9H2,1-6H3,(H,24,25)(H,22,23,26). The Morgan fingerprint density at radius 2 is 2.00 bits per heavy atom. The number of carboxylic acid groups (broad SMARTS) is 1. The molecule has 1 amide bonds. The van der Waals surface area contributed by atoms with E-state index in [1.54, 1.807) is 13.0 Å².